The maximum atomic E-state index is 3.85. The van der Waals surface area contributed by atoms with Crippen molar-refractivity contribution in [2.75, 3.05) is 19.6 Å². The highest BCUT2D eigenvalue weighted by molar-refractivity contribution is 5.06. The van der Waals surface area contributed by atoms with Crippen molar-refractivity contribution < 1.29 is 0 Å². The summed E-state index contributed by atoms with van der Waals surface area (Å²) >= 11 is 0. The third-order valence-corrected chi connectivity index (χ3v) is 4.46. The van der Waals surface area contributed by atoms with E-state index < -0.39 is 0 Å². The average molecular weight is 221 g/mol. The summed E-state index contributed by atoms with van der Waals surface area (Å²) in [4.78, 5) is 2.70. The number of likely N-dealkylation sites (tertiary alicyclic amines) is 1. The summed E-state index contributed by atoms with van der Waals surface area (Å²) in [5, 5.41) is 0. The highest BCUT2D eigenvalue weighted by Crippen LogP contribution is 2.53. The highest BCUT2D eigenvalue weighted by atomic mass is 15.2. The molecule has 1 nitrogen and oxygen atoms in total. The van der Waals surface area contributed by atoms with E-state index in [0.717, 1.165) is 17.8 Å². The molecule has 92 valence electrons. The summed E-state index contributed by atoms with van der Waals surface area (Å²) in [6, 6.07) is 0. The fourth-order valence-corrected chi connectivity index (χ4v) is 3.40. The van der Waals surface area contributed by atoms with Crippen LogP contribution in [0.1, 0.15) is 45.4 Å². The van der Waals surface area contributed by atoms with Gasteiger partial charge in [0.2, 0.25) is 0 Å². The Morgan fingerprint density at radius 3 is 2.44 bits per heavy atom. The number of rotatable bonds is 8. The first kappa shape index (κ1) is 12.2. The molecule has 1 saturated heterocycles. The fraction of sp³-hybridized carbons (Fsp3) is 0.867. The standard InChI is InChI=1S/C15H27N/c1-3-5-6-7-8-10-16-11-14-13(9-4-2)15(14)12-16/h4,13-15H,2-3,5-12H2,1H3. The van der Waals surface area contributed by atoms with E-state index in [4.69, 9.17) is 0 Å². The molecule has 0 spiro atoms. The minimum atomic E-state index is 1.01. The molecular weight excluding hydrogens is 194 g/mol. The van der Waals surface area contributed by atoms with E-state index in [9.17, 15) is 0 Å². The summed E-state index contributed by atoms with van der Waals surface area (Å²) in [6.45, 7) is 10.3. The maximum absolute atomic E-state index is 3.85. The van der Waals surface area contributed by atoms with E-state index in [0.29, 0.717) is 0 Å². The number of hydrogen-bond acceptors (Lipinski definition) is 1. The Morgan fingerprint density at radius 2 is 1.81 bits per heavy atom. The Hall–Kier alpha value is -0.300. The number of nitrogens with zero attached hydrogens (tertiary/aromatic N) is 1. The topological polar surface area (TPSA) is 3.24 Å². The maximum Gasteiger partial charge on any atom is 0.00159 e. The Kier molecular flexibility index (Phi) is 4.45. The normalized spacial score (nSPS) is 32.7. The van der Waals surface area contributed by atoms with Gasteiger partial charge in [-0.15, -0.1) is 6.58 Å². The van der Waals surface area contributed by atoms with Gasteiger partial charge < -0.3 is 4.90 Å². The van der Waals surface area contributed by atoms with Crippen LogP contribution in [0.3, 0.4) is 0 Å². The average Bonchev–Trinajstić information content (AvgIpc) is 2.76. The zero-order valence-electron chi connectivity index (χ0n) is 10.8. The second-order valence-electron chi connectivity index (χ2n) is 5.69. The van der Waals surface area contributed by atoms with Gasteiger partial charge in [0, 0.05) is 13.1 Å². The third kappa shape index (κ3) is 2.88. The molecule has 0 N–H and O–H groups in total. The van der Waals surface area contributed by atoms with Crippen molar-refractivity contribution in [3.63, 3.8) is 0 Å². The number of piperidine rings is 1. The molecule has 16 heavy (non-hydrogen) atoms. The van der Waals surface area contributed by atoms with Gasteiger partial charge in [-0.05, 0) is 37.1 Å². The van der Waals surface area contributed by atoms with Crippen molar-refractivity contribution in [1.82, 2.24) is 4.90 Å². The molecular formula is C15H27N. The largest absolute Gasteiger partial charge is 0.303 e. The number of hydrogen-bond donors (Lipinski definition) is 0. The molecule has 2 unspecified atom stereocenters. The first-order valence-electron chi connectivity index (χ1n) is 7.20. The van der Waals surface area contributed by atoms with Crippen molar-refractivity contribution in [1.29, 1.82) is 0 Å². The molecule has 2 fully saturated rings. The van der Waals surface area contributed by atoms with Gasteiger partial charge in [0.25, 0.3) is 0 Å². The molecule has 2 atom stereocenters. The van der Waals surface area contributed by atoms with Crippen LogP contribution in [0.4, 0.5) is 0 Å². The third-order valence-electron chi connectivity index (χ3n) is 4.46. The lowest BCUT2D eigenvalue weighted by Crippen LogP contribution is -2.25. The van der Waals surface area contributed by atoms with Crippen LogP contribution in [0.15, 0.2) is 12.7 Å². The van der Waals surface area contributed by atoms with Crippen molar-refractivity contribution >= 4 is 0 Å². The number of allylic oxidation sites excluding steroid dienone is 1. The Bertz CT molecular complexity index is 211. The molecule has 1 aliphatic carbocycles. The highest BCUT2D eigenvalue weighted by Gasteiger charge is 2.53. The molecule has 0 radical (unpaired) electrons. The van der Waals surface area contributed by atoms with Gasteiger partial charge in [-0.3, -0.25) is 0 Å². The van der Waals surface area contributed by atoms with Crippen molar-refractivity contribution in [2.45, 2.75) is 45.4 Å². The lowest BCUT2D eigenvalue weighted by Gasteiger charge is -2.18. The van der Waals surface area contributed by atoms with E-state index in [1.807, 2.05) is 0 Å². The second kappa shape index (κ2) is 5.86. The van der Waals surface area contributed by atoms with Crippen LogP contribution in [-0.2, 0) is 0 Å². The van der Waals surface area contributed by atoms with Crippen LogP contribution in [0, 0.1) is 17.8 Å². The molecule has 1 aliphatic heterocycles. The first-order chi connectivity index (χ1) is 7.86. The molecule has 0 bridgehead atoms. The SMILES string of the molecule is C=CCC1C2CN(CCCCCCC)CC12. The van der Waals surface area contributed by atoms with E-state index >= 15 is 0 Å². The minimum Gasteiger partial charge on any atom is -0.303 e. The molecule has 2 aliphatic rings. The van der Waals surface area contributed by atoms with Crippen molar-refractivity contribution in [3.05, 3.63) is 12.7 Å². The van der Waals surface area contributed by atoms with Gasteiger partial charge >= 0.3 is 0 Å². The smallest absolute Gasteiger partial charge is 0.00159 e. The summed E-state index contributed by atoms with van der Waals surface area (Å²) in [7, 11) is 0. The van der Waals surface area contributed by atoms with E-state index in [2.05, 4.69) is 24.5 Å². The quantitative estimate of drug-likeness (QED) is 0.446. The van der Waals surface area contributed by atoms with Crippen LogP contribution in [0.25, 0.3) is 0 Å². The molecule has 1 saturated carbocycles. The van der Waals surface area contributed by atoms with Gasteiger partial charge in [-0.2, -0.15) is 0 Å². The summed E-state index contributed by atoms with van der Waals surface area (Å²) in [5.74, 6) is 3.08. The van der Waals surface area contributed by atoms with Crippen LogP contribution >= 0.6 is 0 Å². The van der Waals surface area contributed by atoms with Gasteiger partial charge in [0.1, 0.15) is 0 Å². The zero-order valence-corrected chi connectivity index (χ0v) is 10.8. The summed E-state index contributed by atoms with van der Waals surface area (Å²) in [5.41, 5.74) is 0. The minimum absolute atomic E-state index is 1.01. The Balaban J connectivity index is 1.50. The molecule has 1 heterocycles. The fourth-order valence-electron chi connectivity index (χ4n) is 3.40. The van der Waals surface area contributed by atoms with Crippen LogP contribution in [0.5, 0.6) is 0 Å². The summed E-state index contributed by atoms with van der Waals surface area (Å²) in [6.07, 6.45) is 10.5. The Morgan fingerprint density at radius 1 is 1.12 bits per heavy atom. The van der Waals surface area contributed by atoms with Crippen molar-refractivity contribution in [2.24, 2.45) is 17.8 Å². The van der Waals surface area contributed by atoms with E-state index in [-0.39, 0.29) is 0 Å². The molecule has 0 aromatic rings. The van der Waals surface area contributed by atoms with Crippen LogP contribution in [0.2, 0.25) is 0 Å². The first-order valence-corrected chi connectivity index (χ1v) is 7.20. The monoisotopic (exact) mass is 221 g/mol. The predicted molar refractivity (Wildman–Crippen MR) is 70.5 cm³/mol. The second-order valence-corrected chi connectivity index (χ2v) is 5.69. The van der Waals surface area contributed by atoms with Gasteiger partial charge in [0.05, 0.1) is 0 Å². The molecule has 2 rings (SSSR count). The summed E-state index contributed by atoms with van der Waals surface area (Å²) < 4.78 is 0. The zero-order chi connectivity index (χ0) is 11.4. The van der Waals surface area contributed by atoms with Crippen molar-refractivity contribution in [3.8, 4) is 0 Å². The lowest BCUT2D eigenvalue weighted by atomic mass is 10.1. The van der Waals surface area contributed by atoms with Gasteiger partial charge in [-0.1, -0.05) is 38.7 Å². The van der Waals surface area contributed by atoms with Gasteiger partial charge in [-0.25, -0.2) is 0 Å². The van der Waals surface area contributed by atoms with E-state index in [1.54, 1.807) is 0 Å². The predicted octanol–water partition coefficient (Wildman–Crippen LogP) is 3.71. The van der Waals surface area contributed by atoms with Crippen LogP contribution in [-0.4, -0.2) is 24.5 Å². The molecule has 0 aromatic heterocycles. The number of fused-ring (bicyclic) bond motifs is 1. The number of unbranched alkanes of at least 4 members (excludes halogenated alkanes) is 4. The Labute approximate surface area is 101 Å². The van der Waals surface area contributed by atoms with Crippen LogP contribution < -0.4 is 0 Å². The van der Waals surface area contributed by atoms with E-state index in [1.165, 1.54) is 58.2 Å². The molecule has 0 aromatic carbocycles. The lowest BCUT2D eigenvalue weighted by molar-refractivity contribution is 0.278. The van der Waals surface area contributed by atoms with Gasteiger partial charge in [0.15, 0.2) is 0 Å². The molecule has 0 amide bonds. The molecule has 1 heteroatoms.